The van der Waals surface area contributed by atoms with Crippen molar-refractivity contribution < 1.29 is 18.7 Å². The molecule has 0 radical (unpaired) electrons. The molecule has 1 spiro atoms. The highest BCUT2D eigenvalue weighted by molar-refractivity contribution is 6.31. The van der Waals surface area contributed by atoms with Gasteiger partial charge in [-0.25, -0.2) is 0 Å². The van der Waals surface area contributed by atoms with Crippen molar-refractivity contribution in [2.24, 2.45) is 0 Å². The molecule has 4 rings (SSSR count). The number of likely N-dealkylation sites (tertiary alicyclic amines) is 1. The number of amides is 1. The van der Waals surface area contributed by atoms with Gasteiger partial charge in [0.25, 0.3) is 5.91 Å². The summed E-state index contributed by atoms with van der Waals surface area (Å²) in [6.07, 6.45) is 2.23. The van der Waals surface area contributed by atoms with E-state index in [1.165, 1.54) is 4.90 Å². The SMILES string of the molecule is O=C(c1cc2cc(Cl)ccc2o1)N1CC[C@]2(CCCO2)C(=O)C1. The van der Waals surface area contributed by atoms with Crippen LogP contribution in [0.1, 0.15) is 29.8 Å². The number of benzene rings is 1. The van der Waals surface area contributed by atoms with Gasteiger partial charge >= 0.3 is 0 Å². The number of halogens is 1. The normalized spacial score (nSPS) is 24.7. The first-order valence-corrected chi connectivity index (χ1v) is 8.11. The molecule has 1 aromatic heterocycles. The molecule has 120 valence electrons. The van der Waals surface area contributed by atoms with E-state index < -0.39 is 5.60 Å². The van der Waals surface area contributed by atoms with Crippen LogP contribution in [0.15, 0.2) is 28.7 Å². The van der Waals surface area contributed by atoms with Gasteiger partial charge in [-0.3, -0.25) is 9.59 Å². The molecule has 2 aromatic rings. The molecule has 23 heavy (non-hydrogen) atoms. The van der Waals surface area contributed by atoms with Gasteiger partial charge in [-0.05, 0) is 37.1 Å². The standard InChI is InChI=1S/C17H16ClNO4/c18-12-2-3-13-11(8-12)9-14(23-13)16(21)19-6-5-17(15(20)10-19)4-1-7-22-17/h2-3,8-9H,1,4-7,10H2/t17-/m1/s1. The largest absolute Gasteiger partial charge is 0.451 e. The molecule has 0 saturated carbocycles. The van der Waals surface area contributed by atoms with Crippen LogP contribution in [0.3, 0.4) is 0 Å². The van der Waals surface area contributed by atoms with Crippen LogP contribution in [0.5, 0.6) is 0 Å². The number of rotatable bonds is 1. The number of hydrogen-bond donors (Lipinski definition) is 0. The Bertz CT molecular complexity index is 791. The Morgan fingerprint density at radius 2 is 2.13 bits per heavy atom. The molecule has 0 aliphatic carbocycles. The molecule has 0 bridgehead atoms. The molecule has 1 atom stereocenters. The lowest BCUT2D eigenvalue weighted by Crippen LogP contribution is -2.53. The third kappa shape index (κ3) is 2.44. The molecule has 2 fully saturated rings. The molecule has 2 aliphatic rings. The summed E-state index contributed by atoms with van der Waals surface area (Å²) in [5.41, 5.74) is -0.0465. The quantitative estimate of drug-likeness (QED) is 0.804. The van der Waals surface area contributed by atoms with Crippen LogP contribution in [-0.2, 0) is 9.53 Å². The number of carbonyl (C=O) groups excluding carboxylic acids is 2. The lowest BCUT2D eigenvalue weighted by Gasteiger charge is -2.36. The number of carbonyl (C=O) groups is 2. The lowest BCUT2D eigenvalue weighted by atomic mass is 9.87. The number of hydrogen-bond acceptors (Lipinski definition) is 4. The van der Waals surface area contributed by atoms with Gasteiger partial charge in [-0.15, -0.1) is 0 Å². The number of Topliss-reactive ketones (excluding diaryl/α,β-unsaturated/α-hetero) is 1. The van der Waals surface area contributed by atoms with Crippen LogP contribution in [0.4, 0.5) is 0 Å². The molecule has 1 amide bonds. The molecule has 0 N–H and O–H groups in total. The van der Waals surface area contributed by atoms with Crippen molar-refractivity contribution in [3.8, 4) is 0 Å². The third-order valence-corrected chi connectivity index (χ3v) is 4.94. The maximum absolute atomic E-state index is 12.6. The van der Waals surface area contributed by atoms with Crippen LogP contribution >= 0.6 is 11.6 Å². The first kappa shape index (κ1) is 14.7. The van der Waals surface area contributed by atoms with E-state index in [1.54, 1.807) is 24.3 Å². The Kier molecular flexibility index (Phi) is 3.43. The van der Waals surface area contributed by atoms with Crippen molar-refractivity contribution in [1.82, 2.24) is 4.90 Å². The van der Waals surface area contributed by atoms with Crippen LogP contribution < -0.4 is 0 Å². The van der Waals surface area contributed by atoms with Crippen LogP contribution in [0.2, 0.25) is 5.02 Å². The fraction of sp³-hybridized carbons (Fsp3) is 0.412. The summed E-state index contributed by atoms with van der Waals surface area (Å²) in [6, 6.07) is 6.87. The topological polar surface area (TPSA) is 59.8 Å². The third-order valence-electron chi connectivity index (χ3n) is 4.71. The van der Waals surface area contributed by atoms with Crippen LogP contribution in [0.25, 0.3) is 11.0 Å². The Hall–Kier alpha value is -1.85. The molecule has 5 nitrogen and oxygen atoms in total. The number of ketones is 1. The highest BCUT2D eigenvalue weighted by Crippen LogP contribution is 2.34. The van der Waals surface area contributed by atoms with E-state index in [9.17, 15) is 9.59 Å². The predicted octanol–water partition coefficient (Wildman–Crippen LogP) is 3.05. The maximum atomic E-state index is 12.6. The van der Waals surface area contributed by atoms with E-state index in [-0.39, 0.29) is 24.0 Å². The van der Waals surface area contributed by atoms with E-state index in [0.29, 0.717) is 30.2 Å². The molecule has 3 heterocycles. The molecular formula is C17H16ClNO4. The molecule has 2 saturated heterocycles. The zero-order valence-electron chi connectivity index (χ0n) is 12.5. The summed E-state index contributed by atoms with van der Waals surface area (Å²) in [7, 11) is 0. The number of furan rings is 1. The van der Waals surface area contributed by atoms with Crippen molar-refractivity contribution in [3.63, 3.8) is 0 Å². The highest BCUT2D eigenvalue weighted by Gasteiger charge is 2.46. The molecule has 2 aliphatic heterocycles. The van der Waals surface area contributed by atoms with E-state index in [4.69, 9.17) is 20.8 Å². The zero-order valence-corrected chi connectivity index (χ0v) is 13.3. The fourth-order valence-corrected chi connectivity index (χ4v) is 3.60. The second-order valence-corrected chi connectivity index (χ2v) is 6.58. The summed E-state index contributed by atoms with van der Waals surface area (Å²) in [4.78, 5) is 26.6. The molecular weight excluding hydrogens is 318 g/mol. The number of piperidine rings is 1. The van der Waals surface area contributed by atoms with Gasteiger partial charge in [0.15, 0.2) is 11.5 Å². The Morgan fingerprint density at radius 1 is 1.26 bits per heavy atom. The Morgan fingerprint density at radius 3 is 2.87 bits per heavy atom. The Balaban J connectivity index is 1.55. The van der Waals surface area contributed by atoms with Gasteiger partial charge < -0.3 is 14.1 Å². The minimum Gasteiger partial charge on any atom is -0.451 e. The van der Waals surface area contributed by atoms with Gasteiger partial charge in [-0.2, -0.15) is 0 Å². The summed E-state index contributed by atoms with van der Waals surface area (Å²) >= 11 is 5.95. The number of fused-ring (bicyclic) bond motifs is 1. The summed E-state index contributed by atoms with van der Waals surface area (Å²) in [6.45, 7) is 1.21. The highest BCUT2D eigenvalue weighted by atomic mass is 35.5. The van der Waals surface area contributed by atoms with Crippen molar-refractivity contribution in [3.05, 3.63) is 35.0 Å². The molecule has 0 unspecified atom stereocenters. The lowest BCUT2D eigenvalue weighted by molar-refractivity contribution is -0.144. The average Bonchev–Trinajstić information content (AvgIpc) is 3.16. The van der Waals surface area contributed by atoms with E-state index in [0.717, 1.165) is 18.2 Å². The smallest absolute Gasteiger partial charge is 0.290 e. The fourth-order valence-electron chi connectivity index (χ4n) is 3.41. The summed E-state index contributed by atoms with van der Waals surface area (Å²) in [5, 5.41) is 1.37. The number of ether oxygens (including phenoxy) is 1. The van der Waals surface area contributed by atoms with Gasteiger partial charge in [0, 0.05) is 30.0 Å². The molecule has 1 aromatic carbocycles. The van der Waals surface area contributed by atoms with Crippen molar-refractivity contribution >= 4 is 34.3 Å². The average molecular weight is 334 g/mol. The predicted molar refractivity (Wildman–Crippen MR) is 84.7 cm³/mol. The van der Waals surface area contributed by atoms with E-state index >= 15 is 0 Å². The van der Waals surface area contributed by atoms with Crippen molar-refractivity contribution in [2.45, 2.75) is 24.9 Å². The summed E-state index contributed by atoms with van der Waals surface area (Å²) < 4.78 is 11.3. The van der Waals surface area contributed by atoms with Gasteiger partial charge in [0.1, 0.15) is 11.2 Å². The summed E-state index contributed by atoms with van der Waals surface area (Å²) in [5.74, 6) is -0.0365. The monoisotopic (exact) mass is 333 g/mol. The second-order valence-electron chi connectivity index (χ2n) is 6.14. The minimum absolute atomic E-state index is 0.00578. The second kappa shape index (κ2) is 5.35. The Labute approximate surface area is 138 Å². The first-order valence-electron chi connectivity index (χ1n) is 7.73. The van der Waals surface area contributed by atoms with Crippen molar-refractivity contribution in [2.75, 3.05) is 19.7 Å². The van der Waals surface area contributed by atoms with Crippen LogP contribution in [0, 0.1) is 0 Å². The number of nitrogens with zero attached hydrogens (tertiary/aromatic N) is 1. The van der Waals surface area contributed by atoms with E-state index in [1.807, 2.05) is 0 Å². The zero-order chi connectivity index (χ0) is 16.0. The minimum atomic E-state index is -0.655. The molecule has 6 heteroatoms. The van der Waals surface area contributed by atoms with Crippen LogP contribution in [-0.4, -0.2) is 41.9 Å². The van der Waals surface area contributed by atoms with Crippen molar-refractivity contribution in [1.29, 1.82) is 0 Å². The van der Waals surface area contributed by atoms with Gasteiger partial charge in [0.05, 0.1) is 6.54 Å². The van der Waals surface area contributed by atoms with Gasteiger partial charge in [0.2, 0.25) is 0 Å². The first-order chi connectivity index (χ1) is 11.1. The van der Waals surface area contributed by atoms with E-state index in [2.05, 4.69) is 0 Å². The maximum Gasteiger partial charge on any atom is 0.290 e. The van der Waals surface area contributed by atoms with Gasteiger partial charge in [-0.1, -0.05) is 11.6 Å².